The highest BCUT2D eigenvalue weighted by molar-refractivity contribution is 6.01. The molecule has 0 saturated heterocycles. The molecule has 0 atom stereocenters. The molecule has 0 spiro atoms. The molecule has 4 nitrogen and oxygen atoms in total. The first-order valence-corrected chi connectivity index (χ1v) is 6.32. The van der Waals surface area contributed by atoms with E-state index in [2.05, 4.69) is 5.18 Å². The molecule has 2 aromatic carbocycles. The average Bonchev–Trinajstić information content (AvgIpc) is 2.38. The number of phenols is 1. The van der Waals surface area contributed by atoms with Crippen LogP contribution in [-0.2, 0) is 6.42 Å². The number of benzene rings is 2. The summed E-state index contributed by atoms with van der Waals surface area (Å²) < 4.78 is 6.01. The van der Waals surface area contributed by atoms with Gasteiger partial charge in [-0.05, 0) is 31.9 Å². The number of rotatable bonds is 1. The Kier molecular flexibility index (Phi) is 2.49. The quantitative estimate of drug-likeness (QED) is 0.784. The van der Waals surface area contributed by atoms with Gasteiger partial charge < -0.3 is 9.84 Å². The van der Waals surface area contributed by atoms with Gasteiger partial charge in [0.15, 0.2) is 11.4 Å². The second-order valence-electron chi connectivity index (χ2n) is 5.50. The lowest BCUT2D eigenvalue weighted by Crippen LogP contribution is -2.32. The summed E-state index contributed by atoms with van der Waals surface area (Å²) in [7, 11) is 0. The highest BCUT2D eigenvalue weighted by Gasteiger charge is 2.31. The molecule has 1 N–H and O–H groups in total. The maximum atomic E-state index is 11.0. The van der Waals surface area contributed by atoms with E-state index in [1.807, 2.05) is 32.0 Å². The summed E-state index contributed by atoms with van der Waals surface area (Å²) in [6, 6.07) is 7.37. The predicted octanol–water partition coefficient (Wildman–Crippen LogP) is 4.05. The Hall–Kier alpha value is -2.10. The number of phenolic OH excluding ortho intramolecular Hbond substituents is 1. The van der Waals surface area contributed by atoms with Crippen LogP contribution in [0.15, 0.2) is 29.4 Å². The van der Waals surface area contributed by atoms with Crippen molar-refractivity contribution in [1.82, 2.24) is 0 Å². The van der Waals surface area contributed by atoms with Gasteiger partial charge in [0.2, 0.25) is 0 Å². The lowest BCUT2D eigenvalue weighted by Gasteiger charge is -2.33. The number of ether oxygens (including phenoxy) is 1. The second-order valence-corrected chi connectivity index (χ2v) is 5.50. The lowest BCUT2D eigenvalue weighted by atomic mass is 9.90. The van der Waals surface area contributed by atoms with E-state index in [-0.39, 0.29) is 17.0 Å². The van der Waals surface area contributed by atoms with Crippen molar-refractivity contribution in [2.45, 2.75) is 32.3 Å². The Balaban J connectivity index is 2.40. The molecule has 0 fully saturated rings. The number of fused-ring (bicyclic) bond motifs is 3. The minimum atomic E-state index is -0.266. The van der Waals surface area contributed by atoms with Gasteiger partial charge in [0, 0.05) is 16.3 Å². The minimum absolute atomic E-state index is 0.0424. The molecule has 1 aliphatic heterocycles. The van der Waals surface area contributed by atoms with Crippen molar-refractivity contribution >= 4 is 16.5 Å². The van der Waals surface area contributed by atoms with Crippen LogP contribution in [0.3, 0.4) is 0 Å². The molecule has 0 aliphatic carbocycles. The summed E-state index contributed by atoms with van der Waals surface area (Å²) in [4.78, 5) is 11.0. The van der Waals surface area contributed by atoms with Crippen molar-refractivity contribution in [1.29, 1.82) is 0 Å². The Morgan fingerprint density at radius 3 is 2.63 bits per heavy atom. The van der Waals surface area contributed by atoms with Crippen LogP contribution in [0.4, 0.5) is 5.69 Å². The third-order valence-electron chi connectivity index (χ3n) is 3.66. The molecule has 1 heterocycles. The maximum Gasteiger partial charge on any atom is 0.157 e. The summed E-state index contributed by atoms with van der Waals surface area (Å²) in [6.45, 7) is 4.04. The fraction of sp³-hybridized carbons (Fsp3) is 0.333. The maximum absolute atomic E-state index is 11.0. The lowest BCUT2D eigenvalue weighted by molar-refractivity contribution is 0.0859. The van der Waals surface area contributed by atoms with Gasteiger partial charge in [-0.25, -0.2) is 0 Å². The zero-order valence-corrected chi connectivity index (χ0v) is 10.9. The molecule has 0 saturated carbocycles. The van der Waals surface area contributed by atoms with Crippen LogP contribution in [0.1, 0.15) is 25.8 Å². The SMILES string of the molecule is CC1(C)CCc2c(O)c(N=O)c3ccccc3c2O1. The van der Waals surface area contributed by atoms with Gasteiger partial charge in [0.1, 0.15) is 11.4 Å². The molecule has 0 radical (unpaired) electrons. The summed E-state index contributed by atoms with van der Waals surface area (Å²) in [5, 5.41) is 14.7. The first-order chi connectivity index (χ1) is 9.03. The molecule has 0 amide bonds. The fourth-order valence-corrected chi connectivity index (χ4v) is 2.62. The first kappa shape index (κ1) is 12.0. The van der Waals surface area contributed by atoms with Crippen LogP contribution in [-0.4, -0.2) is 10.7 Å². The number of hydrogen-bond donors (Lipinski definition) is 1. The molecule has 4 heteroatoms. The predicted molar refractivity (Wildman–Crippen MR) is 74.1 cm³/mol. The number of nitroso groups, excluding NO2 is 1. The normalized spacial score (nSPS) is 16.7. The Morgan fingerprint density at radius 2 is 1.95 bits per heavy atom. The van der Waals surface area contributed by atoms with E-state index in [0.29, 0.717) is 23.1 Å². The van der Waals surface area contributed by atoms with Crippen molar-refractivity contribution in [2.24, 2.45) is 5.18 Å². The van der Waals surface area contributed by atoms with Crippen molar-refractivity contribution in [3.63, 3.8) is 0 Å². The Labute approximate surface area is 111 Å². The zero-order chi connectivity index (χ0) is 13.6. The van der Waals surface area contributed by atoms with Crippen LogP contribution in [0.5, 0.6) is 11.5 Å². The monoisotopic (exact) mass is 257 g/mol. The molecule has 3 rings (SSSR count). The summed E-state index contributed by atoms with van der Waals surface area (Å²) in [6.07, 6.45) is 1.48. The van der Waals surface area contributed by atoms with E-state index < -0.39 is 0 Å². The standard InChI is InChI=1S/C15H15NO3/c1-15(2)8-7-11-13(17)12(16-18)9-5-3-4-6-10(9)14(11)19-15/h3-6,17H,7-8H2,1-2H3. The van der Waals surface area contributed by atoms with Crippen LogP contribution < -0.4 is 4.74 Å². The van der Waals surface area contributed by atoms with Gasteiger partial charge in [-0.1, -0.05) is 24.3 Å². The van der Waals surface area contributed by atoms with Gasteiger partial charge in [0.25, 0.3) is 0 Å². The second kappa shape index (κ2) is 3.95. The van der Waals surface area contributed by atoms with Crippen molar-refractivity contribution in [3.05, 3.63) is 34.7 Å². The molecule has 1 aliphatic rings. The molecular weight excluding hydrogens is 242 g/mol. The molecule has 98 valence electrons. The zero-order valence-electron chi connectivity index (χ0n) is 10.9. The number of nitrogens with zero attached hydrogens (tertiary/aromatic N) is 1. The van der Waals surface area contributed by atoms with Crippen molar-refractivity contribution in [2.75, 3.05) is 0 Å². The highest BCUT2D eigenvalue weighted by Crippen LogP contribution is 2.49. The largest absolute Gasteiger partial charge is 0.505 e. The van der Waals surface area contributed by atoms with Crippen LogP contribution in [0.25, 0.3) is 10.8 Å². The van der Waals surface area contributed by atoms with Gasteiger partial charge >= 0.3 is 0 Å². The number of hydrogen-bond acceptors (Lipinski definition) is 4. The summed E-state index contributed by atoms with van der Waals surface area (Å²) >= 11 is 0. The average molecular weight is 257 g/mol. The van der Waals surface area contributed by atoms with Gasteiger partial charge in [-0.2, -0.15) is 0 Å². The van der Waals surface area contributed by atoms with E-state index >= 15 is 0 Å². The Morgan fingerprint density at radius 1 is 1.26 bits per heavy atom. The van der Waals surface area contributed by atoms with E-state index in [0.717, 1.165) is 11.8 Å². The first-order valence-electron chi connectivity index (χ1n) is 6.32. The van der Waals surface area contributed by atoms with Gasteiger partial charge in [0.05, 0.1) is 0 Å². The topological polar surface area (TPSA) is 58.9 Å². The highest BCUT2D eigenvalue weighted by atomic mass is 16.5. The van der Waals surface area contributed by atoms with E-state index in [1.54, 1.807) is 6.07 Å². The minimum Gasteiger partial charge on any atom is -0.505 e. The molecule has 2 aromatic rings. The van der Waals surface area contributed by atoms with Crippen molar-refractivity contribution in [3.8, 4) is 11.5 Å². The van der Waals surface area contributed by atoms with Crippen molar-refractivity contribution < 1.29 is 9.84 Å². The summed E-state index contributed by atoms with van der Waals surface area (Å²) in [5.41, 5.74) is 0.531. The summed E-state index contributed by atoms with van der Waals surface area (Å²) in [5.74, 6) is 0.635. The molecule has 0 aromatic heterocycles. The van der Waals surface area contributed by atoms with Crippen LogP contribution >= 0.6 is 0 Å². The van der Waals surface area contributed by atoms with Crippen LogP contribution in [0.2, 0.25) is 0 Å². The molecule has 0 bridgehead atoms. The van der Waals surface area contributed by atoms with Gasteiger partial charge in [-0.15, -0.1) is 4.91 Å². The fourth-order valence-electron chi connectivity index (χ4n) is 2.62. The smallest absolute Gasteiger partial charge is 0.157 e. The van der Waals surface area contributed by atoms with E-state index in [4.69, 9.17) is 4.74 Å². The number of aromatic hydroxyl groups is 1. The molecular formula is C15H15NO3. The van der Waals surface area contributed by atoms with E-state index in [9.17, 15) is 10.0 Å². The third kappa shape index (κ3) is 1.75. The molecule has 0 unspecified atom stereocenters. The van der Waals surface area contributed by atoms with Crippen LogP contribution in [0, 0.1) is 4.91 Å². The van der Waals surface area contributed by atoms with Gasteiger partial charge in [-0.3, -0.25) is 0 Å². The third-order valence-corrected chi connectivity index (χ3v) is 3.66. The molecule has 19 heavy (non-hydrogen) atoms. The Bertz CT molecular complexity index is 677. The van der Waals surface area contributed by atoms with E-state index in [1.165, 1.54) is 0 Å².